The number of nitrogens with one attached hydrogen (secondary N) is 2. The average molecular weight is 549 g/mol. The second-order valence-electron chi connectivity index (χ2n) is 9.85. The molecule has 0 radical (unpaired) electrons. The van der Waals surface area contributed by atoms with Gasteiger partial charge < -0.3 is 10.6 Å². The van der Waals surface area contributed by atoms with E-state index in [1.54, 1.807) is 37.3 Å². The topological polar surface area (TPSA) is 120 Å². The highest BCUT2D eigenvalue weighted by molar-refractivity contribution is 5.94. The number of carbonyl (C=O) groups is 1. The molecule has 0 atom stereocenters. The summed E-state index contributed by atoms with van der Waals surface area (Å²) in [6, 6.07) is 10.2. The van der Waals surface area contributed by atoms with Crippen LogP contribution in [-0.2, 0) is 11.9 Å². The number of aryl methyl sites for hydroxylation is 2. The average Bonchev–Trinajstić information content (AvgIpc) is 3.76. The summed E-state index contributed by atoms with van der Waals surface area (Å²) in [5.74, 6) is -0.492. The van der Waals surface area contributed by atoms with E-state index in [-0.39, 0.29) is 34.0 Å². The van der Waals surface area contributed by atoms with Crippen LogP contribution in [0.3, 0.4) is 0 Å². The number of benzene rings is 2. The minimum atomic E-state index is -0.610. The van der Waals surface area contributed by atoms with Crippen LogP contribution in [0, 0.1) is 19.7 Å². The molecule has 40 heavy (non-hydrogen) atoms. The van der Waals surface area contributed by atoms with E-state index in [4.69, 9.17) is 4.84 Å². The summed E-state index contributed by atoms with van der Waals surface area (Å²) >= 11 is 0. The lowest BCUT2D eigenvalue weighted by Crippen LogP contribution is -2.41. The fourth-order valence-electron chi connectivity index (χ4n) is 4.71. The Kier molecular flexibility index (Phi) is 6.80. The zero-order valence-electron chi connectivity index (χ0n) is 22.7. The number of hydroxylamine groups is 2. The Morgan fingerprint density at radius 3 is 2.45 bits per heavy atom. The number of urea groups is 1. The summed E-state index contributed by atoms with van der Waals surface area (Å²) < 4.78 is 18.6. The van der Waals surface area contributed by atoms with Gasteiger partial charge in [0.1, 0.15) is 17.0 Å². The normalized spacial score (nSPS) is 12.9. The van der Waals surface area contributed by atoms with Crippen molar-refractivity contribution in [2.24, 2.45) is 7.05 Å². The molecule has 2 N–H and O–H groups in total. The Hall–Kier alpha value is -4.71. The van der Waals surface area contributed by atoms with E-state index in [0.29, 0.717) is 29.8 Å². The van der Waals surface area contributed by atoms with Crippen LogP contribution in [0.15, 0.2) is 56.8 Å². The molecule has 208 valence electrons. The molecule has 2 amide bonds. The molecule has 0 bridgehead atoms. The fourth-order valence-corrected chi connectivity index (χ4v) is 4.71. The van der Waals surface area contributed by atoms with E-state index in [2.05, 4.69) is 10.6 Å². The standard InChI is InChI=1S/C28H29FN6O5/c1-15-9-12-21(20(29)13-15)31-24-22-23(16(2)25(36)32(24)3)34(28(39)35(26(22)37)18-10-11-18)19-8-6-7-17(14-19)30-27(38)33(4)40-5/h6-9,12-14,18,31H,10-11H2,1-5H3,(H,30,38). The predicted molar refractivity (Wildman–Crippen MR) is 150 cm³/mol. The first-order chi connectivity index (χ1) is 19.0. The van der Waals surface area contributed by atoms with Crippen molar-refractivity contribution in [3.05, 3.63) is 90.6 Å². The van der Waals surface area contributed by atoms with Crippen molar-refractivity contribution >= 4 is 34.1 Å². The van der Waals surface area contributed by atoms with Crippen LogP contribution in [0.2, 0.25) is 0 Å². The summed E-state index contributed by atoms with van der Waals surface area (Å²) in [6.45, 7) is 3.29. The summed E-state index contributed by atoms with van der Waals surface area (Å²) in [5, 5.41) is 6.69. The molecule has 1 saturated carbocycles. The molecule has 0 spiro atoms. The molecule has 1 aliphatic carbocycles. The summed E-state index contributed by atoms with van der Waals surface area (Å²) in [5.41, 5.74) is 0.0847. The lowest BCUT2D eigenvalue weighted by atomic mass is 10.1. The Morgan fingerprint density at radius 1 is 1.07 bits per heavy atom. The number of hydrogen-bond acceptors (Lipinski definition) is 6. The molecule has 1 fully saturated rings. The molecule has 2 aromatic carbocycles. The maximum Gasteiger partial charge on any atom is 0.345 e. The number of amides is 2. The number of carbonyl (C=O) groups excluding carboxylic acids is 1. The van der Waals surface area contributed by atoms with Gasteiger partial charge in [-0.2, -0.15) is 0 Å². The van der Waals surface area contributed by atoms with Crippen molar-refractivity contribution in [2.45, 2.75) is 32.7 Å². The number of hydrogen-bond donors (Lipinski definition) is 2. The third-order valence-electron chi connectivity index (χ3n) is 7.05. The van der Waals surface area contributed by atoms with Crippen molar-refractivity contribution < 1.29 is 14.0 Å². The van der Waals surface area contributed by atoms with Gasteiger partial charge in [-0.25, -0.2) is 19.0 Å². The van der Waals surface area contributed by atoms with Gasteiger partial charge in [-0.3, -0.25) is 28.1 Å². The maximum absolute atomic E-state index is 14.9. The van der Waals surface area contributed by atoms with Gasteiger partial charge in [0.25, 0.3) is 11.1 Å². The number of anilines is 3. The van der Waals surface area contributed by atoms with E-state index in [9.17, 15) is 23.6 Å². The van der Waals surface area contributed by atoms with E-state index in [1.165, 1.54) is 54.0 Å². The molecule has 0 aliphatic heterocycles. The smallest absolute Gasteiger partial charge is 0.338 e. The zero-order chi connectivity index (χ0) is 28.9. The zero-order valence-corrected chi connectivity index (χ0v) is 22.7. The van der Waals surface area contributed by atoms with Crippen LogP contribution < -0.4 is 27.4 Å². The lowest BCUT2D eigenvalue weighted by Gasteiger charge is -2.21. The predicted octanol–water partition coefficient (Wildman–Crippen LogP) is 3.71. The van der Waals surface area contributed by atoms with Crippen LogP contribution in [0.25, 0.3) is 16.6 Å². The Morgan fingerprint density at radius 2 is 1.80 bits per heavy atom. The maximum atomic E-state index is 14.9. The molecule has 2 aromatic heterocycles. The van der Waals surface area contributed by atoms with E-state index >= 15 is 0 Å². The van der Waals surface area contributed by atoms with Crippen molar-refractivity contribution in [3.63, 3.8) is 0 Å². The highest BCUT2D eigenvalue weighted by Crippen LogP contribution is 2.34. The molecule has 12 heteroatoms. The van der Waals surface area contributed by atoms with Crippen LogP contribution in [0.5, 0.6) is 0 Å². The molecule has 5 rings (SSSR count). The van der Waals surface area contributed by atoms with Crippen molar-refractivity contribution in [3.8, 4) is 5.69 Å². The van der Waals surface area contributed by atoms with Crippen molar-refractivity contribution in [1.29, 1.82) is 0 Å². The molecular weight excluding hydrogens is 519 g/mol. The summed E-state index contributed by atoms with van der Waals surface area (Å²) in [4.78, 5) is 58.5. The van der Waals surface area contributed by atoms with Gasteiger partial charge in [0, 0.05) is 31.4 Å². The second-order valence-corrected chi connectivity index (χ2v) is 9.85. The van der Waals surface area contributed by atoms with Gasteiger partial charge in [-0.05, 0) is 62.6 Å². The first kappa shape index (κ1) is 26.9. The first-order valence-corrected chi connectivity index (χ1v) is 12.7. The Bertz CT molecular complexity index is 1850. The summed E-state index contributed by atoms with van der Waals surface area (Å²) in [7, 11) is 4.27. The van der Waals surface area contributed by atoms with Gasteiger partial charge in [-0.1, -0.05) is 12.1 Å². The number of nitrogens with zero attached hydrogens (tertiary/aromatic N) is 4. The Balaban J connectivity index is 1.82. The van der Waals surface area contributed by atoms with E-state index in [1.807, 2.05) is 0 Å². The largest absolute Gasteiger partial charge is 0.345 e. The second kappa shape index (κ2) is 10.1. The molecule has 2 heterocycles. The number of aromatic nitrogens is 3. The number of pyridine rings is 1. The van der Waals surface area contributed by atoms with Crippen molar-refractivity contribution in [2.75, 3.05) is 24.8 Å². The van der Waals surface area contributed by atoms with Gasteiger partial charge >= 0.3 is 11.7 Å². The van der Waals surface area contributed by atoms with Gasteiger partial charge in [0.2, 0.25) is 0 Å². The molecular formula is C28H29FN6O5. The third-order valence-corrected chi connectivity index (χ3v) is 7.05. The first-order valence-electron chi connectivity index (χ1n) is 12.7. The quantitative estimate of drug-likeness (QED) is 0.355. The van der Waals surface area contributed by atoms with Crippen LogP contribution in [0.1, 0.15) is 30.0 Å². The van der Waals surface area contributed by atoms with Gasteiger partial charge in [0.15, 0.2) is 0 Å². The number of fused-ring (bicyclic) bond motifs is 1. The molecule has 0 saturated heterocycles. The lowest BCUT2D eigenvalue weighted by molar-refractivity contribution is -0.0598. The third kappa shape index (κ3) is 4.56. The van der Waals surface area contributed by atoms with Crippen molar-refractivity contribution in [1.82, 2.24) is 18.8 Å². The highest BCUT2D eigenvalue weighted by atomic mass is 19.1. The van der Waals surface area contributed by atoms with Gasteiger partial charge in [0.05, 0.1) is 24.0 Å². The summed E-state index contributed by atoms with van der Waals surface area (Å²) in [6.07, 6.45) is 1.31. The molecule has 0 unspecified atom stereocenters. The van der Waals surface area contributed by atoms with E-state index in [0.717, 1.165) is 5.06 Å². The van der Waals surface area contributed by atoms with Crippen LogP contribution >= 0.6 is 0 Å². The van der Waals surface area contributed by atoms with Crippen LogP contribution in [-0.4, -0.2) is 39.0 Å². The SMILES string of the molecule is CON(C)C(=O)Nc1cccc(-n2c(=O)n(C3CC3)c(=O)c3c(Nc4ccc(C)cc4F)n(C)c(=O)c(C)c32)c1. The molecule has 11 nitrogen and oxygen atoms in total. The number of rotatable bonds is 6. The fraction of sp³-hybridized carbons (Fsp3) is 0.286. The molecule has 1 aliphatic rings. The monoisotopic (exact) mass is 548 g/mol. The van der Waals surface area contributed by atoms with Crippen LogP contribution in [0.4, 0.5) is 26.4 Å². The van der Waals surface area contributed by atoms with E-state index < -0.39 is 28.7 Å². The minimum Gasteiger partial charge on any atom is -0.338 e. The minimum absolute atomic E-state index is 0.0627. The molecule has 4 aromatic rings. The number of halogens is 1. The highest BCUT2D eigenvalue weighted by Gasteiger charge is 2.31. The Labute approximate surface area is 228 Å². The van der Waals surface area contributed by atoms with Gasteiger partial charge in [-0.15, -0.1) is 0 Å².